The minimum absolute atomic E-state index is 0.0763. The van der Waals surface area contributed by atoms with Gasteiger partial charge in [-0.25, -0.2) is 4.98 Å². The van der Waals surface area contributed by atoms with E-state index in [4.69, 9.17) is 11.1 Å². The van der Waals surface area contributed by atoms with Crippen molar-refractivity contribution in [3.8, 4) is 21.8 Å². The minimum atomic E-state index is 0.0763. The molecule has 0 aliphatic carbocycles. The predicted octanol–water partition coefficient (Wildman–Crippen LogP) is 3.46. The summed E-state index contributed by atoms with van der Waals surface area (Å²) in [5, 5.41) is 10.4. The van der Waals surface area contributed by atoms with Crippen molar-refractivity contribution in [2.24, 2.45) is 5.73 Å². The number of rotatable bonds is 3. The molecule has 2 aromatic heterocycles. The van der Waals surface area contributed by atoms with Crippen molar-refractivity contribution in [2.75, 3.05) is 0 Å². The normalized spacial score (nSPS) is 10.5. The van der Waals surface area contributed by atoms with E-state index in [1.54, 1.807) is 17.5 Å². The molecule has 4 nitrogen and oxygen atoms in total. The number of nitrogens with one attached hydrogen (secondary N) is 1. The number of nitrogens with two attached hydrogens (primary N) is 1. The molecule has 5 heteroatoms. The zero-order valence-corrected chi connectivity index (χ0v) is 12.3. The Kier molecular flexibility index (Phi) is 3.50. The monoisotopic (exact) mass is 294 g/mol. The van der Waals surface area contributed by atoms with Crippen LogP contribution in [0, 0.1) is 12.3 Å². The summed E-state index contributed by atoms with van der Waals surface area (Å²) in [5.74, 6) is 0.0763. The Hall–Kier alpha value is -2.53. The van der Waals surface area contributed by atoms with E-state index in [1.807, 2.05) is 41.9 Å². The van der Waals surface area contributed by atoms with Crippen LogP contribution in [-0.4, -0.2) is 15.8 Å². The lowest BCUT2D eigenvalue weighted by Crippen LogP contribution is -2.10. The Balaban J connectivity index is 1.95. The first-order chi connectivity index (χ1) is 10.1. The second-order valence-corrected chi connectivity index (χ2v) is 5.58. The summed E-state index contributed by atoms with van der Waals surface area (Å²) in [4.78, 5) is 8.84. The molecule has 0 unspecified atom stereocenters. The third-order valence-corrected chi connectivity index (χ3v) is 4.15. The zero-order chi connectivity index (χ0) is 14.8. The molecule has 0 amide bonds. The van der Waals surface area contributed by atoms with Crippen LogP contribution in [0.4, 0.5) is 0 Å². The third-order valence-electron chi connectivity index (χ3n) is 3.26. The van der Waals surface area contributed by atoms with Crippen molar-refractivity contribution < 1.29 is 0 Å². The Bertz CT molecular complexity index is 790. The Morgan fingerprint density at radius 2 is 1.95 bits per heavy atom. The van der Waals surface area contributed by atoms with Gasteiger partial charge in [0.1, 0.15) is 10.8 Å². The molecule has 3 N–H and O–H groups in total. The maximum absolute atomic E-state index is 7.41. The van der Waals surface area contributed by atoms with Gasteiger partial charge in [-0.05, 0) is 18.6 Å². The molecule has 0 atom stereocenters. The molecule has 1 aromatic carbocycles. The molecule has 0 fully saturated rings. The standard InChI is InChI=1S/C16H14N4S/c1-10-6-7-19-8-13(10)14-9-21-16(20-14)12-4-2-11(3-5-12)15(17)18/h2-9H,1H3,(H3,17,18). The number of pyridine rings is 1. The molecule has 21 heavy (non-hydrogen) atoms. The molecular weight excluding hydrogens is 280 g/mol. The number of nitrogens with zero attached hydrogens (tertiary/aromatic N) is 2. The Morgan fingerprint density at radius 3 is 2.62 bits per heavy atom. The number of aromatic nitrogens is 2. The number of benzene rings is 1. The SMILES string of the molecule is Cc1ccncc1-c1csc(-c2ccc(C(=N)N)cc2)n1. The van der Waals surface area contributed by atoms with E-state index in [0.717, 1.165) is 33.0 Å². The van der Waals surface area contributed by atoms with E-state index < -0.39 is 0 Å². The van der Waals surface area contributed by atoms with Crippen molar-refractivity contribution >= 4 is 17.2 Å². The molecule has 0 saturated heterocycles. The first-order valence-corrected chi connectivity index (χ1v) is 7.34. The molecule has 0 aliphatic heterocycles. The summed E-state index contributed by atoms with van der Waals surface area (Å²) in [6.07, 6.45) is 3.62. The number of hydrogen-bond acceptors (Lipinski definition) is 4. The molecule has 2 heterocycles. The van der Waals surface area contributed by atoms with Crippen LogP contribution in [0.15, 0.2) is 48.1 Å². The molecule has 0 radical (unpaired) electrons. The van der Waals surface area contributed by atoms with Gasteiger partial charge in [-0.15, -0.1) is 11.3 Å². The molecule has 3 rings (SSSR count). The van der Waals surface area contributed by atoms with Crippen molar-refractivity contribution in [1.29, 1.82) is 5.41 Å². The van der Waals surface area contributed by atoms with E-state index in [2.05, 4.69) is 16.9 Å². The van der Waals surface area contributed by atoms with E-state index >= 15 is 0 Å². The first kappa shape index (κ1) is 13.5. The van der Waals surface area contributed by atoms with Gasteiger partial charge in [0.15, 0.2) is 0 Å². The molecule has 0 spiro atoms. The largest absolute Gasteiger partial charge is 0.384 e. The zero-order valence-electron chi connectivity index (χ0n) is 11.5. The number of aryl methyl sites for hydroxylation is 1. The maximum atomic E-state index is 7.41. The van der Waals surface area contributed by atoms with Crippen LogP contribution in [0.25, 0.3) is 21.8 Å². The summed E-state index contributed by atoms with van der Waals surface area (Å²) < 4.78 is 0. The molecule has 0 bridgehead atoms. The molecule has 104 valence electrons. The summed E-state index contributed by atoms with van der Waals surface area (Å²) in [6, 6.07) is 9.54. The van der Waals surface area contributed by atoms with Crippen LogP contribution in [0.2, 0.25) is 0 Å². The summed E-state index contributed by atoms with van der Waals surface area (Å²) in [7, 11) is 0. The van der Waals surface area contributed by atoms with Crippen LogP contribution >= 0.6 is 11.3 Å². The topological polar surface area (TPSA) is 75.7 Å². The molecular formula is C16H14N4S. The maximum Gasteiger partial charge on any atom is 0.124 e. The summed E-state index contributed by atoms with van der Waals surface area (Å²) >= 11 is 1.60. The average molecular weight is 294 g/mol. The fourth-order valence-corrected chi connectivity index (χ4v) is 2.88. The lowest BCUT2D eigenvalue weighted by Gasteiger charge is -2.01. The quantitative estimate of drug-likeness (QED) is 0.573. The minimum Gasteiger partial charge on any atom is -0.384 e. The van der Waals surface area contributed by atoms with Crippen molar-refractivity contribution in [3.63, 3.8) is 0 Å². The first-order valence-electron chi connectivity index (χ1n) is 6.46. The van der Waals surface area contributed by atoms with Gasteiger partial charge >= 0.3 is 0 Å². The highest BCUT2D eigenvalue weighted by molar-refractivity contribution is 7.13. The predicted molar refractivity (Wildman–Crippen MR) is 86.5 cm³/mol. The fraction of sp³-hybridized carbons (Fsp3) is 0.0625. The van der Waals surface area contributed by atoms with Gasteiger partial charge in [-0.2, -0.15) is 0 Å². The Labute approximate surface area is 126 Å². The van der Waals surface area contributed by atoms with Crippen LogP contribution in [0.1, 0.15) is 11.1 Å². The van der Waals surface area contributed by atoms with Gasteiger partial charge in [0.25, 0.3) is 0 Å². The van der Waals surface area contributed by atoms with Crippen LogP contribution in [0.5, 0.6) is 0 Å². The van der Waals surface area contributed by atoms with E-state index in [1.165, 1.54) is 0 Å². The van der Waals surface area contributed by atoms with Gasteiger partial charge < -0.3 is 5.73 Å². The smallest absolute Gasteiger partial charge is 0.124 e. The molecule has 0 aliphatic rings. The third kappa shape index (κ3) is 2.68. The average Bonchev–Trinajstić information content (AvgIpc) is 2.97. The van der Waals surface area contributed by atoms with Gasteiger partial charge in [0, 0.05) is 34.5 Å². The highest BCUT2D eigenvalue weighted by atomic mass is 32.1. The van der Waals surface area contributed by atoms with Crippen LogP contribution < -0.4 is 5.73 Å². The number of thiazole rings is 1. The Morgan fingerprint density at radius 1 is 1.19 bits per heavy atom. The highest BCUT2D eigenvalue weighted by Crippen LogP contribution is 2.30. The second-order valence-electron chi connectivity index (χ2n) is 4.72. The van der Waals surface area contributed by atoms with Gasteiger partial charge in [0.2, 0.25) is 0 Å². The van der Waals surface area contributed by atoms with Crippen molar-refractivity contribution in [2.45, 2.75) is 6.92 Å². The van der Waals surface area contributed by atoms with Crippen LogP contribution in [-0.2, 0) is 0 Å². The molecule has 3 aromatic rings. The highest BCUT2D eigenvalue weighted by Gasteiger charge is 2.09. The van der Waals surface area contributed by atoms with Gasteiger partial charge in [-0.1, -0.05) is 24.3 Å². The van der Waals surface area contributed by atoms with E-state index in [9.17, 15) is 0 Å². The lowest BCUT2D eigenvalue weighted by atomic mass is 10.1. The number of amidine groups is 1. The van der Waals surface area contributed by atoms with E-state index in [0.29, 0.717) is 0 Å². The number of nitrogen functional groups attached to an aromatic ring is 1. The van der Waals surface area contributed by atoms with Crippen molar-refractivity contribution in [3.05, 3.63) is 59.2 Å². The van der Waals surface area contributed by atoms with Gasteiger partial charge in [-0.3, -0.25) is 10.4 Å². The lowest BCUT2D eigenvalue weighted by molar-refractivity contribution is 1.27. The fourth-order valence-electron chi connectivity index (χ4n) is 2.05. The molecule has 0 saturated carbocycles. The van der Waals surface area contributed by atoms with E-state index in [-0.39, 0.29) is 5.84 Å². The second kappa shape index (κ2) is 5.46. The summed E-state index contributed by atoms with van der Waals surface area (Å²) in [5.41, 5.74) is 10.4. The number of hydrogen-bond donors (Lipinski definition) is 2. The summed E-state index contributed by atoms with van der Waals surface area (Å²) in [6.45, 7) is 2.05. The van der Waals surface area contributed by atoms with Crippen LogP contribution in [0.3, 0.4) is 0 Å². The van der Waals surface area contributed by atoms with Gasteiger partial charge in [0.05, 0.1) is 5.69 Å². The van der Waals surface area contributed by atoms with Crippen molar-refractivity contribution in [1.82, 2.24) is 9.97 Å².